The van der Waals surface area contributed by atoms with Crippen LogP contribution in [0.3, 0.4) is 0 Å². The Kier molecular flexibility index (Phi) is 2.61. The van der Waals surface area contributed by atoms with Crippen LogP contribution in [0.25, 0.3) is 0 Å². The number of aromatic nitrogens is 1. The zero-order valence-electron chi connectivity index (χ0n) is 6.61. The van der Waals surface area contributed by atoms with Crippen molar-refractivity contribution < 1.29 is 4.39 Å². The van der Waals surface area contributed by atoms with Gasteiger partial charge in [0, 0.05) is 16.5 Å². The maximum atomic E-state index is 12.5. The van der Waals surface area contributed by atoms with Crippen molar-refractivity contribution in [2.75, 3.05) is 0 Å². The SMILES string of the molecule is Fc1ccc(Sc2nccs2)cc1. The summed E-state index contributed by atoms with van der Waals surface area (Å²) in [6.07, 6.45) is 1.76. The quantitative estimate of drug-likeness (QED) is 0.754. The number of nitrogens with zero attached hydrogens (tertiary/aromatic N) is 1. The van der Waals surface area contributed by atoms with Crippen molar-refractivity contribution in [3.63, 3.8) is 0 Å². The summed E-state index contributed by atoms with van der Waals surface area (Å²) in [6.45, 7) is 0. The fourth-order valence-electron chi connectivity index (χ4n) is 0.864. The predicted octanol–water partition coefficient (Wildman–Crippen LogP) is 3.43. The van der Waals surface area contributed by atoms with E-state index in [0.717, 1.165) is 9.24 Å². The molecule has 0 saturated heterocycles. The third-order valence-electron chi connectivity index (χ3n) is 1.43. The molecule has 0 aliphatic rings. The fourth-order valence-corrected chi connectivity index (χ4v) is 2.46. The molecule has 2 aromatic rings. The first-order valence-electron chi connectivity index (χ1n) is 3.67. The summed E-state index contributed by atoms with van der Waals surface area (Å²) in [5, 5.41) is 1.92. The van der Waals surface area contributed by atoms with Crippen LogP contribution in [0.2, 0.25) is 0 Å². The molecule has 1 aromatic carbocycles. The third kappa shape index (κ3) is 2.29. The first kappa shape index (κ1) is 8.72. The van der Waals surface area contributed by atoms with E-state index in [1.807, 2.05) is 5.38 Å². The standard InChI is InChI=1S/C9H6FNS2/c10-7-1-3-8(4-2-7)13-9-11-5-6-12-9/h1-6H. The first-order valence-corrected chi connectivity index (χ1v) is 5.37. The molecule has 0 amide bonds. The topological polar surface area (TPSA) is 12.9 Å². The molecule has 1 aromatic heterocycles. The van der Waals surface area contributed by atoms with Gasteiger partial charge in [-0.05, 0) is 24.3 Å². The highest BCUT2D eigenvalue weighted by molar-refractivity contribution is 8.01. The molecule has 0 spiro atoms. The fraction of sp³-hybridized carbons (Fsp3) is 0. The molecule has 0 radical (unpaired) electrons. The molecule has 0 fully saturated rings. The second-order valence-electron chi connectivity index (χ2n) is 2.35. The van der Waals surface area contributed by atoms with E-state index < -0.39 is 0 Å². The minimum absolute atomic E-state index is 0.205. The van der Waals surface area contributed by atoms with Crippen LogP contribution in [-0.2, 0) is 0 Å². The van der Waals surface area contributed by atoms with Gasteiger partial charge < -0.3 is 0 Å². The van der Waals surface area contributed by atoms with E-state index in [1.165, 1.54) is 12.1 Å². The normalized spacial score (nSPS) is 10.2. The first-order chi connectivity index (χ1) is 6.34. The molecule has 0 unspecified atom stereocenters. The second kappa shape index (κ2) is 3.89. The second-order valence-corrected chi connectivity index (χ2v) is 4.57. The molecule has 2 rings (SSSR count). The van der Waals surface area contributed by atoms with Gasteiger partial charge in [0.2, 0.25) is 0 Å². The van der Waals surface area contributed by atoms with Crippen molar-refractivity contribution in [2.45, 2.75) is 9.24 Å². The molecule has 4 heteroatoms. The third-order valence-corrected chi connectivity index (χ3v) is 3.32. The van der Waals surface area contributed by atoms with Crippen LogP contribution in [0, 0.1) is 5.82 Å². The van der Waals surface area contributed by atoms with Gasteiger partial charge in [-0.2, -0.15) is 0 Å². The lowest BCUT2D eigenvalue weighted by atomic mass is 10.4. The molecular weight excluding hydrogens is 205 g/mol. The Hall–Kier alpha value is -0.870. The van der Waals surface area contributed by atoms with Crippen LogP contribution >= 0.6 is 23.1 Å². The maximum absolute atomic E-state index is 12.5. The minimum atomic E-state index is -0.205. The Morgan fingerprint density at radius 3 is 2.62 bits per heavy atom. The lowest BCUT2D eigenvalue weighted by Gasteiger charge is -1.95. The monoisotopic (exact) mass is 211 g/mol. The molecule has 0 saturated carbocycles. The Labute approximate surface area is 83.6 Å². The van der Waals surface area contributed by atoms with Crippen molar-refractivity contribution in [3.05, 3.63) is 41.7 Å². The number of rotatable bonds is 2. The molecule has 66 valence electrons. The zero-order valence-corrected chi connectivity index (χ0v) is 8.24. The van der Waals surface area contributed by atoms with Crippen molar-refractivity contribution in [1.29, 1.82) is 0 Å². The van der Waals surface area contributed by atoms with Gasteiger partial charge in [-0.3, -0.25) is 0 Å². The Bertz CT molecular complexity index is 369. The van der Waals surface area contributed by atoms with Gasteiger partial charge in [0.1, 0.15) is 5.82 Å². The highest BCUT2D eigenvalue weighted by Crippen LogP contribution is 2.28. The van der Waals surface area contributed by atoms with E-state index in [-0.39, 0.29) is 5.82 Å². The van der Waals surface area contributed by atoms with Gasteiger partial charge in [0.05, 0.1) is 0 Å². The zero-order chi connectivity index (χ0) is 9.10. The minimum Gasteiger partial charge on any atom is -0.238 e. The maximum Gasteiger partial charge on any atom is 0.154 e. The molecule has 0 bridgehead atoms. The number of benzene rings is 1. The van der Waals surface area contributed by atoms with Gasteiger partial charge >= 0.3 is 0 Å². The summed E-state index contributed by atoms with van der Waals surface area (Å²) in [7, 11) is 0. The van der Waals surface area contributed by atoms with Crippen molar-refractivity contribution in [1.82, 2.24) is 4.98 Å². The van der Waals surface area contributed by atoms with E-state index >= 15 is 0 Å². The van der Waals surface area contributed by atoms with E-state index in [2.05, 4.69) is 4.98 Å². The summed E-state index contributed by atoms with van der Waals surface area (Å²) >= 11 is 3.12. The van der Waals surface area contributed by atoms with Gasteiger partial charge in [0.15, 0.2) is 4.34 Å². The van der Waals surface area contributed by atoms with Gasteiger partial charge in [-0.15, -0.1) is 11.3 Å². The average Bonchev–Trinajstić information content (AvgIpc) is 2.62. The lowest BCUT2D eigenvalue weighted by Crippen LogP contribution is -1.73. The summed E-state index contributed by atoms with van der Waals surface area (Å²) in [4.78, 5) is 5.13. The Balaban J connectivity index is 2.15. The molecule has 0 aliphatic carbocycles. The van der Waals surface area contributed by atoms with Gasteiger partial charge in [0.25, 0.3) is 0 Å². The molecule has 1 heterocycles. The van der Waals surface area contributed by atoms with Crippen LogP contribution in [-0.4, -0.2) is 4.98 Å². The highest BCUT2D eigenvalue weighted by atomic mass is 32.2. The highest BCUT2D eigenvalue weighted by Gasteiger charge is 1.98. The van der Waals surface area contributed by atoms with Crippen LogP contribution in [0.4, 0.5) is 4.39 Å². The van der Waals surface area contributed by atoms with Gasteiger partial charge in [-0.25, -0.2) is 9.37 Å². The predicted molar refractivity (Wildman–Crippen MR) is 52.6 cm³/mol. The average molecular weight is 211 g/mol. The number of hydrogen-bond acceptors (Lipinski definition) is 3. The van der Waals surface area contributed by atoms with Crippen LogP contribution in [0.1, 0.15) is 0 Å². The molecule has 13 heavy (non-hydrogen) atoms. The van der Waals surface area contributed by atoms with E-state index in [1.54, 1.807) is 41.4 Å². The summed E-state index contributed by atoms with van der Waals surface area (Å²) in [6, 6.07) is 6.41. The molecule has 0 atom stereocenters. The van der Waals surface area contributed by atoms with E-state index in [0.29, 0.717) is 0 Å². The Morgan fingerprint density at radius 2 is 2.00 bits per heavy atom. The van der Waals surface area contributed by atoms with Crippen molar-refractivity contribution in [2.24, 2.45) is 0 Å². The lowest BCUT2D eigenvalue weighted by molar-refractivity contribution is 0.626. The number of thiazole rings is 1. The largest absolute Gasteiger partial charge is 0.238 e. The van der Waals surface area contributed by atoms with Gasteiger partial charge in [-0.1, -0.05) is 11.8 Å². The number of hydrogen-bond donors (Lipinski definition) is 0. The van der Waals surface area contributed by atoms with Crippen molar-refractivity contribution in [3.8, 4) is 0 Å². The number of halogens is 1. The molecule has 0 aliphatic heterocycles. The van der Waals surface area contributed by atoms with Crippen LogP contribution < -0.4 is 0 Å². The molecular formula is C9H6FNS2. The summed E-state index contributed by atoms with van der Waals surface area (Å²) in [5.74, 6) is -0.205. The Morgan fingerprint density at radius 1 is 1.23 bits per heavy atom. The van der Waals surface area contributed by atoms with E-state index in [4.69, 9.17) is 0 Å². The van der Waals surface area contributed by atoms with Crippen LogP contribution in [0.15, 0.2) is 45.1 Å². The van der Waals surface area contributed by atoms with Crippen molar-refractivity contribution >= 4 is 23.1 Å². The van der Waals surface area contributed by atoms with Crippen LogP contribution in [0.5, 0.6) is 0 Å². The van der Waals surface area contributed by atoms with E-state index in [9.17, 15) is 4.39 Å². The molecule has 0 N–H and O–H groups in total. The summed E-state index contributed by atoms with van der Waals surface area (Å²) < 4.78 is 13.5. The summed E-state index contributed by atoms with van der Waals surface area (Å²) in [5.41, 5.74) is 0. The molecule has 1 nitrogen and oxygen atoms in total. The smallest absolute Gasteiger partial charge is 0.154 e.